The summed E-state index contributed by atoms with van der Waals surface area (Å²) >= 11 is 0. The van der Waals surface area contributed by atoms with Crippen LogP contribution in [0.3, 0.4) is 0 Å². The summed E-state index contributed by atoms with van der Waals surface area (Å²) in [5.41, 5.74) is 2.02. The first kappa shape index (κ1) is 13.1. The Kier molecular flexibility index (Phi) is 4.80. The van der Waals surface area contributed by atoms with Crippen LogP contribution in [0.1, 0.15) is 49.4 Å². The second-order valence-corrected chi connectivity index (χ2v) is 5.28. The molecule has 18 heavy (non-hydrogen) atoms. The minimum absolute atomic E-state index is 0.762. The Morgan fingerprint density at radius 1 is 1.22 bits per heavy atom. The van der Waals surface area contributed by atoms with Crippen molar-refractivity contribution in [2.45, 2.75) is 39.0 Å². The van der Waals surface area contributed by atoms with Crippen LogP contribution in [0.25, 0.3) is 0 Å². The highest BCUT2D eigenvalue weighted by atomic mass is 16.1. The lowest BCUT2D eigenvalue weighted by Gasteiger charge is -2.23. The Morgan fingerprint density at radius 3 is 2.67 bits per heavy atom. The molecule has 0 aromatic heterocycles. The van der Waals surface area contributed by atoms with Crippen LogP contribution in [0, 0.1) is 5.92 Å². The van der Waals surface area contributed by atoms with Crippen molar-refractivity contribution in [3.05, 3.63) is 29.8 Å². The second-order valence-electron chi connectivity index (χ2n) is 5.28. The molecule has 1 aliphatic heterocycles. The molecule has 0 saturated carbocycles. The number of aldehydes is 1. The highest BCUT2D eigenvalue weighted by Crippen LogP contribution is 2.25. The minimum atomic E-state index is 0.762. The van der Waals surface area contributed by atoms with E-state index in [1.807, 2.05) is 12.1 Å². The third kappa shape index (κ3) is 3.34. The van der Waals surface area contributed by atoms with Crippen LogP contribution in [0.15, 0.2) is 24.3 Å². The predicted octanol–water partition coefficient (Wildman–Crippen LogP) is 3.91. The summed E-state index contributed by atoms with van der Waals surface area (Å²) in [5, 5.41) is 0. The molecule has 1 fully saturated rings. The lowest BCUT2D eigenvalue weighted by atomic mass is 9.96. The molecule has 1 aromatic carbocycles. The summed E-state index contributed by atoms with van der Waals surface area (Å²) in [4.78, 5) is 13.1. The number of benzene rings is 1. The molecular formula is C16H23NO. The minimum Gasteiger partial charge on any atom is -0.372 e. The van der Waals surface area contributed by atoms with Gasteiger partial charge in [-0.3, -0.25) is 4.79 Å². The van der Waals surface area contributed by atoms with Crippen molar-refractivity contribution in [1.82, 2.24) is 0 Å². The fourth-order valence-electron chi connectivity index (χ4n) is 2.88. The highest BCUT2D eigenvalue weighted by molar-refractivity contribution is 5.75. The van der Waals surface area contributed by atoms with Crippen molar-refractivity contribution in [2.75, 3.05) is 18.0 Å². The number of rotatable bonds is 4. The second kappa shape index (κ2) is 6.58. The molecule has 0 spiro atoms. The van der Waals surface area contributed by atoms with Crippen molar-refractivity contribution in [2.24, 2.45) is 5.92 Å². The molecule has 1 heterocycles. The molecule has 0 bridgehead atoms. The average molecular weight is 245 g/mol. The van der Waals surface area contributed by atoms with Gasteiger partial charge in [0.1, 0.15) is 6.29 Å². The molecule has 0 aliphatic carbocycles. The van der Waals surface area contributed by atoms with Crippen molar-refractivity contribution in [3.8, 4) is 0 Å². The zero-order chi connectivity index (χ0) is 12.8. The summed E-state index contributed by atoms with van der Waals surface area (Å²) in [5.74, 6) is 0.911. The van der Waals surface area contributed by atoms with E-state index in [1.165, 1.54) is 37.8 Å². The van der Waals surface area contributed by atoms with Crippen LogP contribution in [0.5, 0.6) is 0 Å². The van der Waals surface area contributed by atoms with Crippen LogP contribution < -0.4 is 4.90 Å². The van der Waals surface area contributed by atoms with Crippen molar-refractivity contribution >= 4 is 12.0 Å². The zero-order valence-electron chi connectivity index (χ0n) is 11.3. The third-order valence-electron chi connectivity index (χ3n) is 3.94. The first-order valence-electron chi connectivity index (χ1n) is 7.13. The quantitative estimate of drug-likeness (QED) is 0.750. The van der Waals surface area contributed by atoms with E-state index >= 15 is 0 Å². The summed E-state index contributed by atoms with van der Waals surface area (Å²) in [6.07, 6.45) is 7.56. The molecule has 1 aromatic rings. The summed E-state index contributed by atoms with van der Waals surface area (Å²) < 4.78 is 0. The summed E-state index contributed by atoms with van der Waals surface area (Å²) in [6, 6.07) is 7.97. The Balaban J connectivity index is 1.98. The number of carbonyl (C=O) groups is 1. The lowest BCUT2D eigenvalue weighted by Crippen LogP contribution is -2.24. The first-order valence-corrected chi connectivity index (χ1v) is 7.13. The van der Waals surface area contributed by atoms with E-state index in [0.717, 1.165) is 30.9 Å². The molecule has 0 amide bonds. The Labute approximate surface area is 110 Å². The largest absolute Gasteiger partial charge is 0.372 e. The van der Waals surface area contributed by atoms with Gasteiger partial charge >= 0.3 is 0 Å². The maximum absolute atomic E-state index is 10.7. The van der Waals surface area contributed by atoms with E-state index < -0.39 is 0 Å². The molecule has 1 aliphatic rings. The van der Waals surface area contributed by atoms with Crippen LogP contribution >= 0.6 is 0 Å². The number of carbonyl (C=O) groups excluding carboxylic acids is 1. The Morgan fingerprint density at radius 2 is 2.00 bits per heavy atom. The maximum Gasteiger partial charge on any atom is 0.150 e. The number of hydrogen-bond donors (Lipinski definition) is 0. The van der Waals surface area contributed by atoms with E-state index in [1.54, 1.807) is 0 Å². The lowest BCUT2D eigenvalue weighted by molar-refractivity contribution is 0.112. The van der Waals surface area contributed by atoms with Gasteiger partial charge in [0, 0.05) is 24.3 Å². The Bertz CT molecular complexity index is 371. The van der Waals surface area contributed by atoms with Gasteiger partial charge in [-0.15, -0.1) is 0 Å². The van der Waals surface area contributed by atoms with E-state index in [9.17, 15) is 4.79 Å². The summed E-state index contributed by atoms with van der Waals surface area (Å²) in [6.45, 7) is 4.59. The topological polar surface area (TPSA) is 20.3 Å². The average Bonchev–Trinajstić information content (AvgIpc) is 2.65. The normalized spacial score (nSPS) is 20.5. The fourth-order valence-corrected chi connectivity index (χ4v) is 2.88. The Hall–Kier alpha value is -1.31. The smallest absolute Gasteiger partial charge is 0.150 e. The molecule has 98 valence electrons. The fraction of sp³-hybridized carbons (Fsp3) is 0.562. The molecule has 1 atom stereocenters. The van der Waals surface area contributed by atoms with Crippen LogP contribution in [0.2, 0.25) is 0 Å². The van der Waals surface area contributed by atoms with Gasteiger partial charge in [0.25, 0.3) is 0 Å². The highest BCUT2D eigenvalue weighted by Gasteiger charge is 2.16. The third-order valence-corrected chi connectivity index (χ3v) is 3.94. The van der Waals surface area contributed by atoms with Crippen LogP contribution in [-0.4, -0.2) is 19.4 Å². The molecule has 2 rings (SSSR count). The van der Waals surface area contributed by atoms with Gasteiger partial charge in [0.15, 0.2) is 0 Å². The molecule has 1 unspecified atom stereocenters. The number of anilines is 1. The zero-order valence-corrected chi connectivity index (χ0v) is 11.3. The van der Waals surface area contributed by atoms with E-state index in [-0.39, 0.29) is 0 Å². The first-order chi connectivity index (χ1) is 8.83. The summed E-state index contributed by atoms with van der Waals surface area (Å²) in [7, 11) is 0. The maximum atomic E-state index is 10.7. The van der Waals surface area contributed by atoms with E-state index in [2.05, 4.69) is 24.0 Å². The standard InChI is InChI=1S/C16H23NO/c1-2-4-14-5-3-11-17(12-10-14)16-8-6-15(13-18)7-9-16/h6-9,13-14H,2-5,10-12H2,1H3. The molecule has 0 N–H and O–H groups in total. The van der Waals surface area contributed by atoms with Gasteiger partial charge < -0.3 is 4.90 Å². The van der Waals surface area contributed by atoms with Gasteiger partial charge in [0.05, 0.1) is 0 Å². The van der Waals surface area contributed by atoms with Gasteiger partial charge in [-0.2, -0.15) is 0 Å². The van der Waals surface area contributed by atoms with Crippen molar-refractivity contribution in [3.63, 3.8) is 0 Å². The number of hydrogen-bond acceptors (Lipinski definition) is 2. The van der Waals surface area contributed by atoms with Gasteiger partial charge in [-0.25, -0.2) is 0 Å². The molecule has 1 saturated heterocycles. The SMILES string of the molecule is CCCC1CCCN(c2ccc(C=O)cc2)CC1. The van der Waals surface area contributed by atoms with Crippen LogP contribution in [0.4, 0.5) is 5.69 Å². The van der Waals surface area contributed by atoms with Crippen molar-refractivity contribution in [1.29, 1.82) is 0 Å². The molecule has 0 radical (unpaired) electrons. The molecular weight excluding hydrogens is 222 g/mol. The van der Waals surface area contributed by atoms with Gasteiger partial charge in [0.2, 0.25) is 0 Å². The molecule has 2 heteroatoms. The van der Waals surface area contributed by atoms with Gasteiger partial charge in [-0.05, 0) is 49.4 Å². The number of nitrogens with zero attached hydrogens (tertiary/aromatic N) is 1. The monoisotopic (exact) mass is 245 g/mol. The molecule has 2 nitrogen and oxygen atoms in total. The van der Waals surface area contributed by atoms with Crippen molar-refractivity contribution < 1.29 is 4.79 Å². The predicted molar refractivity (Wildman–Crippen MR) is 76.3 cm³/mol. The van der Waals surface area contributed by atoms with E-state index in [0.29, 0.717) is 0 Å². The van der Waals surface area contributed by atoms with Crippen LogP contribution in [-0.2, 0) is 0 Å². The van der Waals surface area contributed by atoms with E-state index in [4.69, 9.17) is 0 Å². The van der Waals surface area contributed by atoms with Gasteiger partial charge in [-0.1, -0.05) is 19.8 Å².